The van der Waals surface area contributed by atoms with Gasteiger partial charge in [0.1, 0.15) is 0 Å². The molecule has 0 saturated heterocycles. The molecule has 0 amide bonds. The molecule has 0 aromatic rings. The Hall–Kier alpha value is -0.543. The number of rotatable bonds is 4. The van der Waals surface area contributed by atoms with Gasteiger partial charge in [-0.05, 0) is 91.5 Å². The van der Waals surface area contributed by atoms with Crippen molar-refractivity contribution in [2.45, 2.75) is 110 Å². The van der Waals surface area contributed by atoms with Crippen molar-refractivity contribution >= 4 is 8.32 Å². The molecule has 0 spiro atoms. The summed E-state index contributed by atoms with van der Waals surface area (Å²) in [6, 6.07) is 0. The van der Waals surface area contributed by atoms with E-state index in [0.717, 1.165) is 12.8 Å². The molecular formula is C25H44O2Si. The molecule has 3 rings (SSSR count). The van der Waals surface area contributed by atoms with Gasteiger partial charge in [-0.25, -0.2) is 0 Å². The maximum absolute atomic E-state index is 10.5. The Bertz CT molecular complexity index is 627. The highest BCUT2D eigenvalue weighted by Crippen LogP contribution is 2.58. The van der Waals surface area contributed by atoms with Crippen LogP contribution in [0.15, 0.2) is 23.5 Å². The molecule has 1 N–H and O–H groups in total. The third-order valence-corrected chi connectivity index (χ3v) is 13.1. The maximum Gasteiger partial charge on any atom is 0.250 e. The van der Waals surface area contributed by atoms with Gasteiger partial charge in [0.05, 0.1) is 11.9 Å². The Morgan fingerprint density at radius 2 is 1.89 bits per heavy atom. The van der Waals surface area contributed by atoms with Gasteiger partial charge in [-0.2, -0.15) is 0 Å². The van der Waals surface area contributed by atoms with Crippen LogP contribution in [0.5, 0.6) is 0 Å². The van der Waals surface area contributed by atoms with Crippen LogP contribution in [0.3, 0.4) is 0 Å². The molecule has 0 aromatic carbocycles. The SMILES string of the molecule is C[C@H](C=C1C=C(O[Si](C)(C)C(C)(C)C)CCC1)[C@H]1CCC2[C@@H](O)CCC[C@@]21C. The Labute approximate surface area is 175 Å². The molecule has 160 valence electrons. The molecule has 5 atom stereocenters. The van der Waals surface area contributed by atoms with E-state index in [4.69, 9.17) is 4.43 Å². The van der Waals surface area contributed by atoms with Gasteiger partial charge in [0.15, 0.2) is 0 Å². The zero-order chi connectivity index (χ0) is 20.7. The number of hydrogen-bond donors (Lipinski definition) is 1. The van der Waals surface area contributed by atoms with Crippen LogP contribution in [0, 0.1) is 23.2 Å². The van der Waals surface area contributed by atoms with Gasteiger partial charge in [0, 0.05) is 6.42 Å². The predicted octanol–water partition coefficient (Wildman–Crippen LogP) is 7.22. The van der Waals surface area contributed by atoms with E-state index in [0.29, 0.717) is 23.2 Å². The van der Waals surface area contributed by atoms with Crippen LogP contribution in [0.2, 0.25) is 18.1 Å². The van der Waals surface area contributed by atoms with Crippen molar-refractivity contribution in [3.63, 3.8) is 0 Å². The lowest BCUT2D eigenvalue weighted by atomic mass is 9.61. The monoisotopic (exact) mass is 404 g/mol. The Morgan fingerprint density at radius 3 is 2.57 bits per heavy atom. The average Bonchev–Trinajstić information content (AvgIpc) is 2.92. The second-order valence-corrected chi connectivity index (χ2v) is 16.4. The van der Waals surface area contributed by atoms with Crippen molar-refractivity contribution in [3.8, 4) is 0 Å². The van der Waals surface area contributed by atoms with Crippen molar-refractivity contribution in [1.29, 1.82) is 0 Å². The summed E-state index contributed by atoms with van der Waals surface area (Å²) in [6.45, 7) is 16.5. The van der Waals surface area contributed by atoms with E-state index in [2.05, 4.69) is 59.9 Å². The fourth-order valence-electron chi connectivity index (χ4n) is 6.02. The molecule has 2 nitrogen and oxygen atoms in total. The number of aliphatic hydroxyl groups excluding tert-OH is 1. The lowest BCUT2D eigenvalue weighted by molar-refractivity contribution is -0.0231. The molecule has 28 heavy (non-hydrogen) atoms. The highest BCUT2D eigenvalue weighted by Gasteiger charge is 2.51. The number of allylic oxidation sites excluding steroid dienone is 4. The fourth-order valence-corrected chi connectivity index (χ4v) is 7.14. The second-order valence-electron chi connectivity index (χ2n) is 11.7. The first-order valence-corrected chi connectivity index (χ1v) is 14.6. The molecule has 3 aliphatic carbocycles. The van der Waals surface area contributed by atoms with Crippen LogP contribution in [-0.4, -0.2) is 19.5 Å². The first-order valence-electron chi connectivity index (χ1n) is 11.7. The molecule has 0 heterocycles. The number of aliphatic hydroxyl groups is 1. The summed E-state index contributed by atoms with van der Waals surface area (Å²) >= 11 is 0. The van der Waals surface area contributed by atoms with E-state index < -0.39 is 8.32 Å². The van der Waals surface area contributed by atoms with Crippen LogP contribution in [0.1, 0.15) is 86.0 Å². The Morgan fingerprint density at radius 1 is 1.18 bits per heavy atom. The average molecular weight is 405 g/mol. The van der Waals surface area contributed by atoms with Crippen LogP contribution in [-0.2, 0) is 4.43 Å². The zero-order valence-corrected chi connectivity index (χ0v) is 20.5. The first-order chi connectivity index (χ1) is 12.9. The Balaban J connectivity index is 1.74. The summed E-state index contributed by atoms with van der Waals surface area (Å²) < 4.78 is 6.63. The third-order valence-electron chi connectivity index (χ3n) is 8.70. The summed E-state index contributed by atoms with van der Waals surface area (Å²) in [4.78, 5) is 0. The molecule has 2 fully saturated rings. The lowest BCUT2D eigenvalue weighted by Gasteiger charge is -2.45. The van der Waals surface area contributed by atoms with Gasteiger partial charge < -0.3 is 9.53 Å². The third kappa shape index (κ3) is 4.31. The van der Waals surface area contributed by atoms with Gasteiger partial charge >= 0.3 is 0 Å². The predicted molar refractivity (Wildman–Crippen MR) is 122 cm³/mol. The molecule has 2 saturated carbocycles. The largest absolute Gasteiger partial charge is 0.547 e. The quantitative estimate of drug-likeness (QED) is 0.501. The molecule has 0 aliphatic heterocycles. The van der Waals surface area contributed by atoms with E-state index in [1.54, 1.807) is 0 Å². The first kappa shape index (κ1) is 22.1. The van der Waals surface area contributed by atoms with Gasteiger partial charge in [0.2, 0.25) is 8.32 Å². The van der Waals surface area contributed by atoms with Gasteiger partial charge in [-0.15, -0.1) is 0 Å². The Kier molecular flexibility index (Phi) is 6.28. The molecule has 0 radical (unpaired) electrons. The lowest BCUT2D eigenvalue weighted by Crippen LogP contribution is -2.41. The molecule has 0 bridgehead atoms. The normalized spacial score (nSPS) is 36.8. The van der Waals surface area contributed by atoms with E-state index >= 15 is 0 Å². The molecule has 0 aromatic heterocycles. The topological polar surface area (TPSA) is 29.5 Å². The van der Waals surface area contributed by atoms with Gasteiger partial charge in [-0.3, -0.25) is 0 Å². The minimum absolute atomic E-state index is 0.0669. The fraction of sp³-hybridized carbons (Fsp3) is 0.840. The molecular weight excluding hydrogens is 360 g/mol. The maximum atomic E-state index is 10.5. The van der Waals surface area contributed by atoms with Crippen molar-refractivity contribution in [2.75, 3.05) is 0 Å². The van der Waals surface area contributed by atoms with Crippen molar-refractivity contribution < 1.29 is 9.53 Å². The summed E-state index contributed by atoms with van der Waals surface area (Å²) in [7, 11) is -1.75. The summed E-state index contributed by atoms with van der Waals surface area (Å²) in [5.41, 5.74) is 1.81. The van der Waals surface area contributed by atoms with Crippen LogP contribution < -0.4 is 0 Å². The number of fused-ring (bicyclic) bond motifs is 1. The second kappa shape index (κ2) is 7.94. The highest BCUT2D eigenvalue weighted by atomic mass is 28.4. The minimum Gasteiger partial charge on any atom is -0.547 e. The smallest absolute Gasteiger partial charge is 0.250 e. The minimum atomic E-state index is -1.75. The number of hydrogen-bond acceptors (Lipinski definition) is 2. The van der Waals surface area contributed by atoms with E-state index in [-0.39, 0.29) is 11.1 Å². The van der Waals surface area contributed by atoms with Crippen LogP contribution >= 0.6 is 0 Å². The summed E-state index contributed by atoms with van der Waals surface area (Å²) in [5.74, 6) is 3.03. The molecule has 1 unspecified atom stereocenters. The van der Waals surface area contributed by atoms with E-state index in [1.165, 1.54) is 49.9 Å². The van der Waals surface area contributed by atoms with E-state index in [1.807, 2.05) is 0 Å². The van der Waals surface area contributed by atoms with E-state index in [9.17, 15) is 5.11 Å². The highest BCUT2D eigenvalue weighted by molar-refractivity contribution is 6.74. The van der Waals surface area contributed by atoms with Crippen molar-refractivity contribution in [2.24, 2.45) is 23.2 Å². The standard InChI is InChI=1S/C25H44O2Si/c1-18(21-13-14-22-23(26)12-9-15-25(21,22)5)16-19-10-8-11-20(17-19)27-28(6,7)24(2,3)4/h16-18,21-23,26H,8-15H2,1-7H3/t18-,21-,22?,23+,25-/m1/s1. The summed E-state index contributed by atoms with van der Waals surface area (Å²) in [6.07, 6.45) is 14.3. The van der Waals surface area contributed by atoms with Crippen LogP contribution in [0.4, 0.5) is 0 Å². The summed E-state index contributed by atoms with van der Waals surface area (Å²) in [5, 5.41) is 10.8. The van der Waals surface area contributed by atoms with Crippen molar-refractivity contribution in [3.05, 3.63) is 23.5 Å². The van der Waals surface area contributed by atoms with Gasteiger partial charge in [-0.1, -0.05) is 47.1 Å². The van der Waals surface area contributed by atoms with Crippen LogP contribution in [0.25, 0.3) is 0 Å². The zero-order valence-electron chi connectivity index (χ0n) is 19.5. The molecule has 3 aliphatic rings. The van der Waals surface area contributed by atoms with Crippen molar-refractivity contribution in [1.82, 2.24) is 0 Å². The van der Waals surface area contributed by atoms with Gasteiger partial charge in [0.25, 0.3) is 0 Å². The molecule has 3 heteroatoms.